The van der Waals surface area contributed by atoms with Crippen LogP contribution in [0.4, 0.5) is 0 Å². The molecule has 0 saturated carbocycles. The Morgan fingerprint density at radius 1 is 1.27 bits per heavy atom. The summed E-state index contributed by atoms with van der Waals surface area (Å²) in [6.07, 6.45) is 0. The average molecular weight is 476 g/mol. The smallest absolute Gasteiger partial charge is 0.222 e. The van der Waals surface area contributed by atoms with Gasteiger partial charge in [-0.3, -0.25) is 9.79 Å². The second-order valence-electron chi connectivity index (χ2n) is 6.22. The van der Waals surface area contributed by atoms with Gasteiger partial charge in [0.25, 0.3) is 0 Å². The summed E-state index contributed by atoms with van der Waals surface area (Å²) in [5.41, 5.74) is 1.13. The minimum atomic E-state index is -0.00141. The zero-order chi connectivity index (χ0) is 18.7. The SMILES string of the molecule is CCNC(=NCCNC(=O)C(C)C)N(C)CCOc1ccccc1C.I. The van der Waals surface area contributed by atoms with E-state index in [1.807, 2.05) is 63.9 Å². The Hall–Kier alpha value is -1.51. The van der Waals surface area contributed by atoms with Gasteiger partial charge in [-0.1, -0.05) is 32.0 Å². The minimum Gasteiger partial charge on any atom is -0.491 e. The van der Waals surface area contributed by atoms with Gasteiger partial charge in [0.1, 0.15) is 12.4 Å². The molecular weight excluding hydrogens is 443 g/mol. The summed E-state index contributed by atoms with van der Waals surface area (Å²) in [7, 11) is 1.98. The second kappa shape index (κ2) is 13.7. The van der Waals surface area contributed by atoms with Crippen LogP contribution in [0.5, 0.6) is 5.75 Å². The van der Waals surface area contributed by atoms with E-state index in [1.165, 1.54) is 0 Å². The average Bonchev–Trinajstić information content (AvgIpc) is 2.58. The lowest BCUT2D eigenvalue weighted by Crippen LogP contribution is -2.41. The summed E-state index contributed by atoms with van der Waals surface area (Å²) in [5, 5.41) is 6.13. The van der Waals surface area contributed by atoms with Gasteiger partial charge in [-0.05, 0) is 25.5 Å². The van der Waals surface area contributed by atoms with Crippen molar-refractivity contribution in [3.8, 4) is 5.75 Å². The minimum absolute atomic E-state index is 0. The van der Waals surface area contributed by atoms with Crippen LogP contribution >= 0.6 is 24.0 Å². The third-order valence-electron chi connectivity index (χ3n) is 3.67. The molecule has 0 aliphatic rings. The molecule has 1 amide bonds. The van der Waals surface area contributed by atoms with Crippen LogP contribution in [0.25, 0.3) is 0 Å². The van der Waals surface area contributed by atoms with Gasteiger partial charge in [-0.15, -0.1) is 24.0 Å². The Morgan fingerprint density at radius 2 is 1.96 bits per heavy atom. The quantitative estimate of drug-likeness (QED) is 0.249. The standard InChI is InChI=1S/C19H32N4O2.HI/c1-6-20-19(22-12-11-21-18(24)15(2)3)23(5)13-14-25-17-10-8-7-9-16(17)4;/h7-10,15H,6,11-14H2,1-5H3,(H,20,22)(H,21,24);1H. The van der Waals surface area contributed by atoms with Crippen LogP contribution in [0.3, 0.4) is 0 Å². The van der Waals surface area contributed by atoms with Crippen molar-refractivity contribution in [1.82, 2.24) is 15.5 Å². The van der Waals surface area contributed by atoms with Crippen LogP contribution in [0.15, 0.2) is 29.3 Å². The molecule has 0 aliphatic carbocycles. The number of guanidine groups is 1. The summed E-state index contributed by atoms with van der Waals surface area (Å²) in [5.74, 6) is 1.78. The van der Waals surface area contributed by atoms with Crippen molar-refractivity contribution in [2.75, 3.05) is 39.8 Å². The molecule has 0 aliphatic heterocycles. The van der Waals surface area contributed by atoms with E-state index in [4.69, 9.17) is 4.74 Å². The molecule has 0 saturated heterocycles. The van der Waals surface area contributed by atoms with Crippen LogP contribution in [0, 0.1) is 12.8 Å². The van der Waals surface area contributed by atoms with E-state index in [2.05, 4.69) is 15.6 Å². The molecule has 148 valence electrons. The van der Waals surface area contributed by atoms with Crippen molar-refractivity contribution in [1.29, 1.82) is 0 Å². The molecule has 0 spiro atoms. The number of halogens is 1. The van der Waals surface area contributed by atoms with Crippen molar-refractivity contribution in [3.05, 3.63) is 29.8 Å². The molecule has 2 N–H and O–H groups in total. The van der Waals surface area contributed by atoms with E-state index in [-0.39, 0.29) is 35.8 Å². The van der Waals surface area contributed by atoms with Crippen molar-refractivity contribution in [3.63, 3.8) is 0 Å². The lowest BCUT2D eigenvalue weighted by Gasteiger charge is -2.22. The highest BCUT2D eigenvalue weighted by atomic mass is 127. The lowest BCUT2D eigenvalue weighted by molar-refractivity contribution is -0.123. The first kappa shape index (κ1) is 24.5. The molecule has 1 aromatic rings. The fourth-order valence-corrected chi connectivity index (χ4v) is 2.13. The number of amides is 1. The van der Waals surface area contributed by atoms with E-state index in [9.17, 15) is 4.79 Å². The Kier molecular flexibility index (Phi) is 12.9. The number of aliphatic imine (C=N–C) groups is 1. The van der Waals surface area contributed by atoms with E-state index in [1.54, 1.807) is 0 Å². The molecule has 6 nitrogen and oxygen atoms in total. The molecule has 0 bridgehead atoms. The van der Waals surface area contributed by atoms with Crippen molar-refractivity contribution >= 4 is 35.8 Å². The first-order chi connectivity index (χ1) is 12.0. The maximum atomic E-state index is 11.5. The van der Waals surface area contributed by atoms with Gasteiger partial charge < -0.3 is 20.3 Å². The van der Waals surface area contributed by atoms with Crippen molar-refractivity contribution < 1.29 is 9.53 Å². The first-order valence-electron chi connectivity index (χ1n) is 8.91. The van der Waals surface area contributed by atoms with Crippen LogP contribution in [0.2, 0.25) is 0 Å². The van der Waals surface area contributed by atoms with Gasteiger partial charge in [0.2, 0.25) is 5.91 Å². The summed E-state index contributed by atoms with van der Waals surface area (Å²) in [4.78, 5) is 18.1. The first-order valence-corrected chi connectivity index (χ1v) is 8.91. The molecule has 0 heterocycles. The maximum Gasteiger partial charge on any atom is 0.222 e. The number of likely N-dealkylation sites (N-methyl/N-ethyl adjacent to an activating group) is 1. The van der Waals surface area contributed by atoms with Crippen LogP contribution in [0.1, 0.15) is 26.3 Å². The molecule has 7 heteroatoms. The van der Waals surface area contributed by atoms with Gasteiger partial charge in [0, 0.05) is 26.1 Å². The molecule has 0 aromatic heterocycles. The third-order valence-corrected chi connectivity index (χ3v) is 3.67. The summed E-state index contributed by atoms with van der Waals surface area (Å²) < 4.78 is 5.84. The highest BCUT2D eigenvalue weighted by Crippen LogP contribution is 2.15. The van der Waals surface area contributed by atoms with Gasteiger partial charge >= 0.3 is 0 Å². The number of hydrogen-bond donors (Lipinski definition) is 2. The molecule has 0 fully saturated rings. The number of ether oxygens (including phenoxy) is 1. The number of nitrogens with one attached hydrogen (secondary N) is 2. The summed E-state index contributed by atoms with van der Waals surface area (Å²) in [6.45, 7) is 11.0. The fourth-order valence-electron chi connectivity index (χ4n) is 2.13. The number of benzene rings is 1. The van der Waals surface area contributed by atoms with E-state index in [0.29, 0.717) is 19.7 Å². The monoisotopic (exact) mass is 476 g/mol. The number of nitrogens with zero attached hydrogens (tertiary/aromatic N) is 2. The highest BCUT2D eigenvalue weighted by Gasteiger charge is 2.07. The largest absolute Gasteiger partial charge is 0.491 e. The number of carbonyl (C=O) groups excluding carboxylic acids is 1. The van der Waals surface area contributed by atoms with Gasteiger partial charge in [-0.25, -0.2) is 0 Å². The van der Waals surface area contributed by atoms with E-state index < -0.39 is 0 Å². The second-order valence-corrected chi connectivity index (χ2v) is 6.22. The van der Waals surface area contributed by atoms with Crippen LogP contribution in [-0.4, -0.2) is 56.6 Å². The summed E-state index contributed by atoms with van der Waals surface area (Å²) in [6, 6.07) is 7.99. The number of para-hydroxylation sites is 1. The third kappa shape index (κ3) is 9.26. The number of carbonyl (C=O) groups is 1. The molecule has 0 atom stereocenters. The van der Waals surface area contributed by atoms with Crippen molar-refractivity contribution in [2.45, 2.75) is 27.7 Å². The molecule has 1 rings (SSSR count). The zero-order valence-electron chi connectivity index (χ0n) is 16.5. The predicted molar refractivity (Wildman–Crippen MR) is 119 cm³/mol. The topological polar surface area (TPSA) is 66.0 Å². The lowest BCUT2D eigenvalue weighted by atomic mass is 10.2. The number of rotatable bonds is 9. The van der Waals surface area contributed by atoms with Gasteiger partial charge in [0.05, 0.1) is 13.1 Å². The van der Waals surface area contributed by atoms with Gasteiger partial charge in [0.15, 0.2) is 5.96 Å². The molecule has 0 unspecified atom stereocenters. The number of hydrogen-bond acceptors (Lipinski definition) is 3. The Bertz CT molecular complexity index is 564. The van der Waals surface area contributed by atoms with Crippen LogP contribution < -0.4 is 15.4 Å². The fraction of sp³-hybridized carbons (Fsp3) is 0.579. The molecule has 0 radical (unpaired) electrons. The zero-order valence-corrected chi connectivity index (χ0v) is 18.9. The Labute approximate surface area is 174 Å². The summed E-state index contributed by atoms with van der Waals surface area (Å²) >= 11 is 0. The maximum absolute atomic E-state index is 11.5. The number of aryl methyl sites for hydroxylation is 1. The predicted octanol–water partition coefficient (Wildman–Crippen LogP) is 2.66. The Morgan fingerprint density at radius 3 is 2.58 bits per heavy atom. The van der Waals surface area contributed by atoms with E-state index >= 15 is 0 Å². The van der Waals surface area contributed by atoms with Gasteiger partial charge in [-0.2, -0.15) is 0 Å². The normalized spacial score (nSPS) is 10.9. The highest BCUT2D eigenvalue weighted by molar-refractivity contribution is 14.0. The van der Waals surface area contributed by atoms with Crippen LogP contribution in [-0.2, 0) is 4.79 Å². The molecular formula is C19H33IN4O2. The van der Waals surface area contributed by atoms with Crippen molar-refractivity contribution in [2.24, 2.45) is 10.9 Å². The molecule has 26 heavy (non-hydrogen) atoms. The van der Waals surface area contributed by atoms with E-state index in [0.717, 1.165) is 30.4 Å². The Balaban J connectivity index is 0.00000625. The molecule has 1 aromatic carbocycles.